The summed E-state index contributed by atoms with van der Waals surface area (Å²) in [7, 11) is 0. The molecular formula is C21H24N4O3. The first-order valence-electron chi connectivity index (χ1n) is 9.57. The Morgan fingerprint density at radius 2 is 2.11 bits per heavy atom. The van der Waals surface area contributed by atoms with Crippen LogP contribution in [0.25, 0.3) is 11.5 Å². The second kappa shape index (κ2) is 8.39. The van der Waals surface area contributed by atoms with E-state index in [1.54, 1.807) is 6.20 Å². The molecule has 0 radical (unpaired) electrons. The third kappa shape index (κ3) is 4.31. The Labute approximate surface area is 163 Å². The van der Waals surface area contributed by atoms with Crippen LogP contribution in [0.1, 0.15) is 17.9 Å². The van der Waals surface area contributed by atoms with Gasteiger partial charge in [-0.05, 0) is 31.5 Å². The van der Waals surface area contributed by atoms with Crippen LogP contribution in [0.4, 0.5) is 0 Å². The molecule has 0 aliphatic carbocycles. The number of nitrogens with zero attached hydrogens (tertiary/aromatic N) is 4. The third-order valence-electron chi connectivity index (χ3n) is 4.88. The summed E-state index contributed by atoms with van der Waals surface area (Å²) in [4.78, 5) is 19.4. The van der Waals surface area contributed by atoms with Crippen LogP contribution in [-0.4, -0.2) is 51.4 Å². The molecule has 7 heteroatoms. The second-order valence-electron chi connectivity index (χ2n) is 6.98. The van der Waals surface area contributed by atoms with Crippen LogP contribution in [0.3, 0.4) is 0 Å². The fourth-order valence-electron chi connectivity index (χ4n) is 3.40. The molecule has 0 unspecified atom stereocenters. The highest BCUT2D eigenvalue weighted by molar-refractivity contribution is 5.78. The van der Waals surface area contributed by atoms with Crippen LogP contribution in [0.5, 0.6) is 0 Å². The summed E-state index contributed by atoms with van der Waals surface area (Å²) in [5.74, 6) is 1.29. The highest BCUT2D eigenvalue weighted by Crippen LogP contribution is 2.22. The normalized spacial score (nSPS) is 17.5. The Morgan fingerprint density at radius 3 is 2.89 bits per heavy atom. The van der Waals surface area contributed by atoms with Crippen molar-refractivity contribution in [2.75, 3.05) is 19.7 Å². The first-order chi connectivity index (χ1) is 13.7. The van der Waals surface area contributed by atoms with Gasteiger partial charge in [-0.1, -0.05) is 18.2 Å². The van der Waals surface area contributed by atoms with Crippen molar-refractivity contribution in [1.29, 1.82) is 0 Å². The number of ether oxygens (including phenoxy) is 1. The highest BCUT2D eigenvalue weighted by Gasteiger charge is 2.25. The summed E-state index contributed by atoms with van der Waals surface area (Å²) in [6.45, 7) is 4.39. The lowest BCUT2D eigenvalue weighted by atomic mass is 10.2. The van der Waals surface area contributed by atoms with E-state index in [0.717, 1.165) is 12.0 Å². The van der Waals surface area contributed by atoms with Crippen molar-refractivity contribution >= 4 is 5.91 Å². The summed E-state index contributed by atoms with van der Waals surface area (Å²) in [6, 6.07) is 11.6. The molecule has 146 valence electrons. The van der Waals surface area contributed by atoms with Crippen molar-refractivity contribution in [2.45, 2.75) is 32.4 Å². The van der Waals surface area contributed by atoms with Crippen LogP contribution >= 0.6 is 0 Å². The van der Waals surface area contributed by atoms with Gasteiger partial charge in [-0.2, -0.15) is 5.10 Å². The van der Waals surface area contributed by atoms with Crippen molar-refractivity contribution in [3.8, 4) is 11.5 Å². The molecule has 1 saturated heterocycles. The van der Waals surface area contributed by atoms with Crippen molar-refractivity contribution < 1.29 is 13.9 Å². The zero-order chi connectivity index (χ0) is 19.3. The minimum Gasteiger partial charge on any atom is -0.441 e. The minimum atomic E-state index is -0.0652. The molecule has 0 bridgehead atoms. The zero-order valence-corrected chi connectivity index (χ0v) is 16.0. The van der Waals surface area contributed by atoms with E-state index < -0.39 is 0 Å². The fraction of sp³-hybridized carbons (Fsp3) is 0.381. The van der Waals surface area contributed by atoms with Crippen LogP contribution in [0, 0.1) is 6.92 Å². The summed E-state index contributed by atoms with van der Waals surface area (Å²) in [6.07, 6.45) is 4.65. The van der Waals surface area contributed by atoms with Gasteiger partial charge in [0.2, 0.25) is 11.8 Å². The number of aromatic nitrogens is 3. The Balaban J connectivity index is 1.43. The van der Waals surface area contributed by atoms with Crippen LogP contribution in [-0.2, 0) is 22.5 Å². The summed E-state index contributed by atoms with van der Waals surface area (Å²) in [5, 5.41) is 4.23. The first kappa shape index (κ1) is 18.4. The molecule has 2 aromatic heterocycles. The molecule has 1 atom stereocenters. The SMILES string of the molecule is Cc1oc(-c2ccccc2)nc1CC(=O)N1CCCO[C@@H](Cn2cccn2)C1. The number of hydrogen-bond donors (Lipinski definition) is 0. The van der Waals surface area contributed by atoms with Crippen LogP contribution < -0.4 is 0 Å². The lowest BCUT2D eigenvalue weighted by molar-refractivity contribution is -0.131. The van der Waals surface area contributed by atoms with E-state index in [9.17, 15) is 4.79 Å². The number of hydrogen-bond acceptors (Lipinski definition) is 5. The number of aryl methyl sites for hydroxylation is 1. The van der Waals surface area contributed by atoms with Gasteiger partial charge in [0.25, 0.3) is 0 Å². The molecule has 3 aromatic rings. The molecule has 3 heterocycles. The molecule has 4 rings (SSSR count). The Bertz CT molecular complexity index is 905. The summed E-state index contributed by atoms with van der Waals surface area (Å²) in [5.41, 5.74) is 1.60. The monoisotopic (exact) mass is 380 g/mol. The van der Waals surface area contributed by atoms with Gasteiger partial charge in [-0.25, -0.2) is 4.98 Å². The average molecular weight is 380 g/mol. The number of benzene rings is 1. The van der Waals surface area contributed by atoms with Gasteiger partial charge in [0, 0.05) is 37.7 Å². The molecule has 0 spiro atoms. The fourth-order valence-corrected chi connectivity index (χ4v) is 3.40. The van der Waals surface area contributed by atoms with Gasteiger partial charge in [0.15, 0.2) is 0 Å². The lowest BCUT2D eigenvalue weighted by Crippen LogP contribution is -2.39. The summed E-state index contributed by atoms with van der Waals surface area (Å²) >= 11 is 0. The van der Waals surface area contributed by atoms with E-state index >= 15 is 0 Å². The summed E-state index contributed by atoms with van der Waals surface area (Å²) < 4.78 is 13.5. The molecule has 1 amide bonds. The smallest absolute Gasteiger partial charge is 0.228 e. The van der Waals surface area contributed by atoms with Gasteiger partial charge in [0.1, 0.15) is 5.76 Å². The maximum absolute atomic E-state index is 12.9. The molecule has 0 saturated carbocycles. The molecule has 1 aliphatic rings. The predicted molar refractivity (Wildman–Crippen MR) is 104 cm³/mol. The largest absolute Gasteiger partial charge is 0.441 e. The molecule has 1 fully saturated rings. The Kier molecular flexibility index (Phi) is 5.53. The zero-order valence-electron chi connectivity index (χ0n) is 16.0. The maximum Gasteiger partial charge on any atom is 0.228 e. The third-order valence-corrected chi connectivity index (χ3v) is 4.88. The van der Waals surface area contributed by atoms with Crippen molar-refractivity contribution in [2.24, 2.45) is 0 Å². The molecule has 1 aromatic carbocycles. The predicted octanol–water partition coefficient (Wildman–Crippen LogP) is 2.71. The highest BCUT2D eigenvalue weighted by atomic mass is 16.5. The van der Waals surface area contributed by atoms with Gasteiger partial charge in [0.05, 0.1) is 24.8 Å². The molecule has 1 aliphatic heterocycles. The van der Waals surface area contributed by atoms with E-state index in [0.29, 0.717) is 43.6 Å². The van der Waals surface area contributed by atoms with E-state index in [4.69, 9.17) is 9.15 Å². The first-order valence-corrected chi connectivity index (χ1v) is 9.57. The molecule has 28 heavy (non-hydrogen) atoms. The van der Waals surface area contributed by atoms with Crippen LogP contribution in [0.2, 0.25) is 0 Å². The second-order valence-corrected chi connectivity index (χ2v) is 6.98. The number of oxazole rings is 1. The molecule has 0 N–H and O–H groups in total. The average Bonchev–Trinajstić information content (AvgIpc) is 3.27. The standard InChI is InChI=1S/C21H24N4O3/c1-16-19(23-21(28-16)17-7-3-2-4-8-17)13-20(26)24-10-6-12-27-18(14-24)15-25-11-5-9-22-25/h2-5,7-9,11,18H,6,10,12-15H2,1H3/t18-/m1/s1. The minimum absolute atomic E-state index is 0.0481. The number of carbonyl (C=O) groups is 1. The number of carbonyl (C=O) groups excluding carboxylic acids is 1. The van der Waals surface area contributed by atoms with E-state index in [1.165, 1.54) is 0 Å². The molecule has 7 nitrogen and oxygen atoms in total. The Hall–Kier alpha value is -2.93. The van der Waals surface area contributed by atoms with Gasteiger partial charge >= 0.3 is 0 Å². The van der Waals surface area contributed by atoms with Gasteiger partial charge in [-0.15, -0.1) is 0 Å². The van der Waals surface area contributed by atoms with Gasteiger partial charge < -0.3 is 14.1 Å². The maximum atomic E-state index is 12.9. The van der Waals surface area contributed by atoms with Crippen LogP contribution in [0.15, 0.2) is 53.2 Å². The van der Waals surface area contributed by atoms with Crippen molar-refractivity contribution in [3.63, 3.8) is 0 Å². The molecular weight excluding hydrogens is 356 g/mol. The van der Waals surface area contributed by atoms with E-state index in [-0.39, 0.29) is 18.4 Å². The lowest BCUT2D eigenvalue weighted by Gasteiger charge is -2.23. The topological polar surface area (TPSA) is 73.4 Å². The van der Waals surface area contributed by atoms with Crippen molar-refractivity contribution in [3.05, 3.63) is 60.2 Å². The number of amides is 1. The van der Waals surface area contributed by atoms with E-state index in [2.05, 4.69) is 10.1 Å². The van der Waals surface area contributed by atoms with Crippen molar-refractivity contribution in [1.82, 2.24) is 19.7 Å². The quantitative estimate of drug-likeness (QED) is 0.680. The van der Waals surface area contributed by atoms with E-state index in [1.807, 2.05) is 59.1 Å². The van der Waals surface area contributed by atoms with Gasteiger partial charge in [-0.3, -0.25) is 9.48 Å². The number of rotatable bonds is 5. The Morgan fingerprint density at radius 1 is 1.25 bits per heavy atom.